The Morgan fingerprint density at radius 2 is 1.96 bits per heavy atom. The third-order valence-corrected chi connectivity index (χ3v) is 4.41. The van der Waals surface area contributed by atoms with Crippen LogP contribution in [0, 0.1) is 5.82 Å². The van der Waals surface area contributed by atoms with E-state index >= 15 is 0 Å². The second-order valence-electron chi connectivity index (χ2n) is 5.89. The van der Waals surface area contributed by atoms with E-state index < -0.39 is 11.4 Å². The highest BCUT2D eigenvalue weighted by Crippen LogP contribution is 2.25. The maximum Gasteiger partial charge on any atom is 0.345 e. The van der Waals surface area contributed by atoms with Gasteiger partial charge in [-0.25, -0.2) is 9.18 Å². The van der Waals surface area contributed by atoms with Gasteiger partial charge in [0.15, 0.2) is 0 Å². The zero-order chi connectivity index (χ0) is 18.8. The van der Waals surface area contributed by atoms with Crippen molar-refractivity contribution in [3.8, 4) is 17.0 Å². The molecule has 0 bridgehead atoms. The van der Waals surface area contributed by atoms with Crippen molar-refractivity contribution in [2.75, 3.05) is 0 Å². The Labute approximate surface area is 158 Å². The van der Waals surface area contributed by atoms with E-state index in [2.05, 4.69) is 4.98 Å². The van der Waals surface area contributed by atoms with E-state index in [1.54, 1.807) is 48.7 Å². The molecule has 0 saturated heterocycles. The number of aromatic nitrogens is 1. The third-order valence-electron chi connectivity index (χ3n) is 4.06. The monoisotopic (exact) mass is 381 g/mol. The second-order valence-corrected chi connectivity index (χ2v) is 6.29. The van der Waals surface area contributed by atoms with E-state index in [9.17, 15) is 9.18 Å². The van der Waals surface area contributed by atoms with E-state index in [0.29, 0.717) is 33.2 Å². The molecule has 0 radical (unpaired) electrons. The summed E-state index contributed by atoms with van der Waals surface area (Å²) in [6.07, 6.45) is 1.62. The van der Waals surface area contributed by atoms with Crippen molar-refractivity contribution in [1.29, 1.82) is 0 Å². The molecule has 6 heteroatoms. The van der Waals surface area contributed by atoms with Crippen molar-refractivity contribution < 1.29 is 13.5 Å². The Kier molecular flexibility index (Phi) is 4.60. The van der Waals surface area contributed by atoms with Gasteiger partial charge in [-0.3, -0.25) is 4.98 Å². The van der Waals surface area contributed by atoms with E-state index in [-0.39, 0.29) is 6.61 Å². The summed E-state index contributed by atoms with van der Waals surface area (Å²) in [4.78, 5) is 16.5. The molecule has 0 fully saturated rings. The van der Waals surface area contributed by atoms with E-state index in [4.69, 9.17) is 20.8 Å². The van der Waals surface area contributed by atoms with Crippen LogP contribution in [-0.4, -0.2) is 4.98 Å². The molecule has 27 heavy (non-hydrogen) atoms. The van der Waals surface area contributed by atoms with Crippen LogP contribution >= 0.6 is 11.6 Å². The van der Waals surface area contributed by atoms with E-state index in [0.717, 1.165) is 5.39 Å². The van der Waals surface area contributed by atoms with E-state index in [1.165, 1.54) is 12.1 Å². The predicted molar refractivity (Wildman–Crippen MR) is 101 cm³/mol. The van der Waals surface area contributed by atoms with Crippen molar-refractivity contribution in [1.82, 2.24) is 4.98 Å². The molecule has 0 aliphatic rings. The lowest BCUT2D eigenvalue weighted by Gasteiger charge is -2.09. The summed E-state index contributed by atoms with van der Waals surface area (Å²) in [6, 6.07) is 16.4. The number of pyridine rings is 1. The van der Waals surface area contributed by atoms with Gasteiger partial charge in [-0.1, -0.05) is 23.7 Å². The van der Waals surface area contributed by atoms with Gasteiger partial charge in [0.1, 0.15) is 23.8 Å². The quantitative estimate of drug-likeness (QED) is 0.454. The van der Waals surface area contributed by atoms with Crippen LogP contribution in [0.2, 0.25) is 5.02 Å². The Morgan fingerprint density at radius 1 is 1.07 bits per heavy atom. The fourth-order valence-corrected chi connectivity index (χ4v) is 2.90. The molecular weight excluding hydrogens is 369 g/mol. The molecule has 0 aliphatic heterocycles. The van der Waals surface area contributed by atoms with Crippen LogP contribution in [0.25, 0.3) is 22.2 Å². The van der Waals surface area contributed by atoms with Crippen LogP contribution in [0.5, 0.6) is 5.75 Å². The van der Waals surface area contributed by atoms with Gasteiger partial charge in [-0.2, -0.15) is 0 Å². The highest BCUT2D eigenvalue weighted by Gasteiger charge is 2.10. The summed E-state index contributed by atoms with van der Waals surface area (Å²) in [5.41, 5.74) is 1.54. The Morgan fingerprint density at radius 3 is 2.74 bits per heavy atom. The van der Waals surface area contributed by atoms with Gasteiger partial charge in [0.05, 0.1) is 16.3 Å². The molecule has 0 saturated carbocycles. The average Bonchev–Trinajstić information content (AvgIpc) is 2.67. The van der Waals surface area contributed by atoms with Crippen LogP contribution in [0.3, 0.4) is 0 Å². The summed E-state index contributed by atoms with van der Waals surface area (Å²) < 4.78 is 24.2. The molecule has 2 aromatic carbocycles. The molecule has 0 N–H and O–H groups in total. The smallest absolute Gasteiger partial charge is 0.345 e. The minimum absolute atomic E-state index is 0.168. The van der Waals surface area contributed by atoms with Crippen LogP contribution in [-0.2, 0) is 6.61 Å². The summed E-state index contributed by atoms with van der Waals surface area (Å²) in [5, 5.41) is 1.05. The van der Waals surface area contributed by atoms with Gasteiger partial charge >= 0.3 is 5.63 Å². The maximum atomic E-state index is 13.1. The first kappa shape index (κ1) is 17.2. The average molecular weight is 382 g/mol. The first-order chi connectivity index (χ1) is 13.1. The summed E-state index contributed by atoms with van der Waals surface area (Å²) in [5.74, 6) is 0.108. The minimum atomic E-state index is -0.472. The topological polar surface area (TPSA) is 52.3 Å². The molecule has 134 valence electrons. The molecule has 0 atom stereocenters. The van der Waals surface area contributed by atoms with E-state index in [1.807, 2.05) is 6.07 Å². The van der Waals surface area contributed by atoms with Crippen LogP contribution < -0.4 is 10.4 Å². The lowest BCUT2D eigenvalue weighted by atomic mass is 10.1. The normalized spacial score (nSPS) is 10.9. The van der Waals surface area contributed by atoms with Crippen molar-refractivity contribution >= 4 is 22.6 Å². The lowest BCUT2D eigenvalue weighted by molar-refractivity contribution is 0.306. The highest BCUT2D eigenvalue weighted by molar-refractivity contribution is 6.31. The molecule has 0 unspecified atom stereocenters. The number of hydrogen-bond acceptors (Lipinski definition) is 4. The fraction of sp³-hybridized carbons (Fsp3) is 0.0476. The predicted octanol–water partition coefficient (Wildman–Crippen LogP) is 5.23. The Hall–Kier alpha value is -3.18. The van der Waals surface area contributed by atoms with Crippen molar-refractivity contribution in [2.24, 2.45) is 0 Å². The number of fused-ring (bicyclic) bond motifs is 1. The molecular formula is C21H13ClFNO3. The number of hydrogen-bond donors (Lipinski definition) is 0. The number of rotatable bonds is 4. The van der Waals surface area contributed by atoms with Gasteiger partial charge in [-0.15, -0.1) is 0 Å². The second kappa shape index (κ2) is 7.21. The van der Waals surface area contributed by atoms with Crippen molar-refractivity contribution in [3.63, 3.8) is 0 Å². The minimum Gasteiger partial charge on any atom is -0.489 e. The first-order valence-corrected chi connectivity index (χ1v) is 8.54. The zero-order valence-electron chi connectivity index (χ0n) is 14.0. The number of halogens is 2. The summed E-state index contributed by atoms with van der Waals surface area (Å²) in [6.45, 7) is 0.168. The molecule has 2 aromatic heterocycles. The summed E-state index contributed by atoms with van der Waals surface area (Å²) >= 11 is 6.00. The maximum absolute atomic E-state index is 13.1. The molecule has 4 nitrogen and oxygen atoms in total. The Bertz CT molecular complexity index is 1180. The van der Waals surface area contributed by atoms with Gasteiger partial charge in [-0.05, 0) is 42.5 Å². The van der Waals surface area contributed by atoms with Gasteiger partial charge in [0.25, 0.3) is 0 Å². The van der Waals surface area contributed by atoms with Gasteiger partial charge in [0, 0.05) is 23.2 Å². The Balaban J connectivity index is 1.62. The SMILES string of the molecule is O=c1oc2cc(OCc3ccc(F)cc3Cl)ccc2cc1-c1ccccn1. The third kappa shape index (κ3) is 3.68. The number of ether oxygens (including phenoxy) is 1. The lowest BCUT2D eigenvalue weighted by Crippen LogP contribution is -2.04. The molecule has 4 rings (SSSR count). The number of benzene rings is 2. The van der Waals surface area contributed by atoms with Crippen molar-refractivity contribution in [2.45, 2.75) is 6.61 Å². The van der Waals surface area contributed by atoms with Gasteiger partial charge < -0.3 is 9.15 Å². The molecule has 0 spiro atoms. The number of nitrogens with zero attached hydrogens (tertiary/aromatic N) is 1. The zero-order valence-corrected chi connectivity index (χ0v) is 14.7. The molecule has 2 heterocycles. The highest BCUT2D eigenvalue weighted by atomic mass is 35.5. The van der Waals surface area contributed by atoms with Crippen LogP contribution in [0.4, 0.5) is 4.39 Å². The fourth-order valence-electron chi connectivity index (χ4n) is 2.68. The molecule has 0 amide bonds. The summed E-state index contributed by atoms with van der Waals surface area (Å²) in [7, 11) is 0. The molecule has 0 aliphatic carbocycles. The molecule has 4 aromatic rings. The van der Waals surface area contributed by atoms with Crippen LogP contribution in [0.15, 0.2) is 76.1 Å². The first-order valence-electron chi connectivity index (χ1n) is 8.16. The largest absolute Gasteiger partial charge is 0.489 e. The van der Waals surface area contributed by atoms with Gasteiger partial charge in [0.2, 0.25) is 0 Å². The standard InChI is InChI=1S/C21H13ClFNO3/c22-18-10-15(23)6-4-14(18)12-26-16-7-5-13-9-17(19-3-1-2-8-24-19)21(25)27-20(13)11-16/h1-11H,12H2. The van der Waals surface area contributed by atoms with Crippen LogP contribution in [0.1, 0.15) is 5.56 Å². The van der Waals surface area contributed by atoms with Crippen molar-refractivity contribution in [3.05, 3.63) is 93.7 Å².